The minimum absolute atomic E-state index is 0.141. The summed E-state index contributed by atoms with van der Waals surface area (Å²) >= 11 is 0. The van der Waals surface area contributed by atoms with Crippen molar-refractivity contribution in [2.75, 3.05) is 13.7 Å². The second-order valence-electron chi connectivity index (χ2n) is 4.94. The molecular weight excluding hydrogens is 212 g/mol. The fourth-order valence-corrected chi connectivity index (χ4v) is 1.94. The number of rotatable bonds is 3. The van der Waals surface area contributed by atoms with Gasteiger partial charge in [-0.3, -0.25) is 0 Å². The molecule has 2 rings (SSSR count). The summed E-state index contributed by atoms with van der Waals surface area (Å²) < 4.78 is 5.33. The molecule has 0 aliphatic heterocycles. The van der Waals surface area contributed by atoms with Gasteiger partial charge >= 0.3 is 0 Å². The molecule has 0 unspecified atom stereocenters. The summed E-state index contributed by atoms with van der Waals surface area (Å²) in [6.45, 7) is 4.21. The molecule has 2 heteroatoms. The van der Waals surface area contributed by atoms with Gasteiger partial charge in [-0.15, -0.1) is 0 Å². The van der Waals surface area contributed by atoms with E-state index in [1.54, 1.807) is 7.11 Å². The summed E-state index contributed by atoms with van der Waals surface area (Å²) in [5, 5.41) is 11.6. The number of aliphatic hydroxyl groups is 1. The largest absolute Gasteiger partial charge is 0.496 e. The highest BCUT2D eigenvalue weighted by Crippen LogP contribution is 2.30. The van der Waals surface area contributed by atoms with E-state index in [0.717, 1.165) is 22.1 Å². The second-order valence-corrected chi connectivity index (χ2v) is 4.94. The van der Waals surface area contributed by atoms with Crippen molar-refractivity contribution >= 4 is 10.8 Å². The van der Waals surface area contributed by atoms with E-state index in [9.17, 15) is 5.11 Å². The molecule has 0 saturated heterocycles. The normalized spacial score (nSPS) is 11.8. The quantitative estimate of drug-likeness (QED) is 0.877. The second kappa shape index (κ2) is 4.38. The zero-order valence-corrected chi connectivity index (χ0v) is 10.5. The highest BCUT2D eigenvalue weighted by molar-refractivity contribution is 5.89. The molecule has 0 aliphatic carbocycles. The molecular formula is C15H18O2. The zero-order valence-electron chi connectivity index (χ0n) is 10.5. The summed E-state index contributed by atoms with van der Waals surface area (Å²) in [7, 11) is 1.68. The van der Waals surface area contributed by atoms with Crippen LogP contribution in [0.25, 0.3) is 10.8 Å². The Balaban J connectivity index is 2.60. The Bertz CT molecular complexity index is 529. The molecule has 0 saturated carbocycles. The van der Waals surface area contributed by atoms with Crippen molar-refractivity contribution in [2.45, 2.75) is 19.3 Å². The Labute approximate surface area is 102 Å². The summed E-state index contributed by atoms with van der Waals surface area (Å²) in [5.41, 5.74) is 0.929. The number of aliphatic hydroxyl groups excluding tert-OH is 1. The van der Waals surface area contributed by atoms with E-state index in [4.69, 9.17) is 4.74 Å². The van der Waals surface area contributed by atoms with Gasteiger partial charge in [0.15, 0.2) is 0 Å². The van der Waals surface area contributed by atoms with Crippen LogP contribution in [0.5, 0.6) is 5.75 Å². The van der Waals surface area contributed by atoms with Gasteiger partial charge in [0, 0.05) is 10.8 Å². The summed E-state index contributed by atoms with van der Waals surface area (Å²) in [4.78, 5) is 0. The SMILES string of the molecule is COc1cccc2cc(C(C)(C)CO)ccc12. The van der Waals surface area contributed by atoms with Gasteiger partial charge in [-0.25, -0.2) is 0 Å². The number of fused-ring (bicyclic) bond motifs is 1. The van der Waals surface area contributed by atoms with Crippen LogP contribution < -0.4 is 4.74 Å². The number of hydrogen-bond donors (Lipinski definition) is 1. The van der Waals surface area contributed by atoms with E-state index in [1.807, 2.05) is 26.0 Å². The Morgan fingerprint density at radius 1 is 1.18 bits per heavy atom. The molecule has 0 amide bonds. The predicted octanol–water partition coefficient (Wildman–Crippen LogP) is 3.12. The van der Waals surface area contributed by atoms with E-state index >= 15 is 0 Å². The van der Waals surface area contributed by atoms with E-state index in [2.05, 4.69) is 24.3 Å². The van der Waals surface area contributed by atoms with E-state index in [-0.39, 0.29) is 12.0 Å². The molecule has 0 heterocycles. The lowest BCUT2D eigenvalue weighted by Gasteiger charge is -2.22. The molecule has 1 N–H and O–H groups in total. The van der Waals surface area contributed by atoms with E-state index in [1.165, 1.54) is 0 Å². The highest BCUT2D eigenvalue weighted by Gasteiger charge is 2.19. The maximum Gasteiger partial charge on any atom is 0.126 e. The summed E-state index contributed by atoms with van der Waals surface area (Å²) in [6, 6.07) is 12.2. The molecule has 0 radical (unpaired) electrons. The van der Waals surface area contributed by atoms with Crippen LogP contribution in [0.4, 0.5) is 0 Å². The van der Waals surface area contributed by atoms with Crippen molar-refractivity contribution < 1.29 is 9.84 Å². The number of methoxy groups -OCH3 is 1. The van der Waals surface area contributed by atoms with Crippen molar-refractivity contribution in [3.8, 4) is 5.75 Å². The predicted molar refractivity (Wildman–Crippen MR) is 70.6 cm³/mol. The van der Waals surface area contributed by atoms with E-state index in [0.29, 0.717) is 0 Å². The first-order chi connectivity index (χ1) is 8.08. The molecule has 0 fully saturated rings. The van der Waals surface area contributed by atoms with Gasteiger partial charge in [-0.2, -0.15) is 0 Å². The Hall–Kier alpha value is -1.54. The molecule has 90 valence electrons. The lowest BCUT2D eigenvalue weighted by molar-refractivity contribution is 0.218. The third kappa shape index (κ3) is 2.13. The van der Waals surface area contributed by atoms with Crippen LogP contribution in [-0.4, -0.2) is 18.8 Å². The van der Waals surface area contributed by atoms with Gasteiger partial charge in [0.05, 0.1) is 13.7 Å². The fraction of sp³-hybridized carbons (Fsp3) is 0.333. The maximum atomic E-state index is 9.40. The molecule has 0 atom stereocenters. The average molecular weight is 230 g/mol. The molecule has 0 bridgehead atoms. The van der Waals surface area contributed by atoms with Gasteiger partial charge in [0.2, 0.25) is 0 Å². The lowest BCUT2D eigenvalue weighted by atomic mass is 9.84. The van der Waals surface area contributed by atoms with Crippen LogP contribution in [0.15, 0.2) is 36.4 Å². The van der Waals surface area contributed by atoms with Gasteiger partial charge in [0.25, 0.3) is 0 Å². The molecule has 17 heavy (non-hydrogen) atoms. The van der Waals surface area contributed by atoms with E-state index < -0.39 is 0 Å². The molecule has 0 aliphatic rings. The number of benzene rings is 2. The van der Waals surface area contributed by atoms with Gasteiger partial charge < -0.3 is 9.84 Å². The third-order valence-electron chi connectivity index (χ3n) is 3.24. The number of ether oxygens (including phenoxy) is 1. The molecule has 0 aromatic heterocycles. The average Bonchev–Trinajstić information content (AvgIpc) is 2.37. The van der Waals surface area contributed by atoms with Gasteiger partial charge in [0.1, 0.15) is 5.75 Å². The molecule has 2 aromatic carbocycles. The van der Waals surface area contributed by atoms with Crippen LogP contribution in [0.1, 0.15) is 19.4 Å². The van der Waals surface area contributed by atoms with Crippen molar-refractivity contribution in [3.05, 3.63) is 42.0 Å². The molecule has 2 aromatic rings. The van der Waals surface area contributed by atoms with Crippen molar-refractivity contribution in [3.63, 3.8) is 0 Å². The number of hydrogen-bond acceptors (Lipinski definition) is 2. The topological polar surface area (TPSA) is 29.5 Å². The Morgan fingerprint density at radius 2 is 1.94 bits per heavy atom. The van der Waals surface area contributed by atoms with Crippen LogP contribution in [0.3, 0.4) is 0 Å². The monoisotopic (exact) mass is 230 g/mol. The van der Waals surface area contributed by atoms with Crippen LogP contribution >= 0.6 is 0 Å². The van der Waals surface area contributed by atoms with Crippen molar-refractivity contribution in [1.29, 1.82) is 0 Å². The first-order valence-corrected chi connectivity index (χ1v) is 5.76. The molecule has 0 spiro atoms. The minimum atomic E-state index is -0.211. The maximum absolute atomic E-state index is 9.40. The van der Waals surface area contributed by atoms with Crippen molar-refractivity contribution in [1.82, 2.24) is 0 Å². The summed E-state index contributed by atoms with van der Waals surface area (Å²) in [6.07, 6.45) is 0. The summed E-state index contributed by atoms with van der Waals surface area (Å²) in [5.74, 6) is 0.885. The fourth-order valence-electron chi connectivity index (χ4n) is 1.94. The third-order valence-corrected chi connectivity index (χ3v) is 3.24. The standard InChI is InChI=1S/C15H18O2/c1-15(2,10-16)12-7-8-13-11(9-12)5-4-6-14(13)17-3/h4-9,16H,10H2,1-3H3. The van der Waals surface area contributed by atoms with Crippen LogP contribution in [0, 0.1) is 0 Å². The highest BCUT2D eigenvalue weighted by atomic mass is 16.5. The first-order valence-electron chi connectivity index (χ1n) is 5.76. The Morgan fingerprint density at radius 3 is 2.59 bits per heavy atom. The van der Waals surface area contributed by atoms with Crippen molar-refractivity contribution in [2.24, 2.45) is 0 Å². The van der Waals surface area contributed by atoms with Crippen LogP contribution in [0.2, 0.25) is 0 Å². The minimum Gasteiger partial charge on any atom is -0.496 e. The smallest absolute Gasteiger partial charge is 0.126 e. The Kier molecular flexibility index (Phi) is 3.07. The lowest BCUT2D eigenvalue weighted by Crippen LogP contribution is -2.21. The van der Waals surface area contributed by atoms with Gasteiger partial charge in [-0.1, -0.05) is 44.2 Å². The van der Waals surface area contributed by atoms with Crippen LogP contribution in [-0.2, 0) is 5.41 Å². The first kappa shape index (κ1) is 11.9. The zero-order chi connectivity index (χ0) is 12.5. The molecule has 2 nitrogen and oxygen atoms in total. The van der Waals surface area contributed by atoms with Gasteiger partial charge in [-0.05, 0) is 17.0 Å².